The van der Waals surface area contributed by atoms with E-state index in [0.717, 1.165) is 38.5 Å². The van der Waals surface area contributed by atoms with Crippen molar-refractivity contribution >= 4 is 57.3 Å². The van der Waals surface area contributed by atoms with Crippen LogP contribution in [0.5, 0.6) is 0 Å². The van der Waals surface area contributed by atoms with Gasteiger partial charge < -0.3 is 18.9 Å². The van der Waals surface area contributed by atoms with E-state index in [1.165, 1.54) is 39.0 Å². The van der Waals surface area contributed by atoms with Gasteiger partial charge in [0.1, 0.15) is 12.2 Å². The number of unbranched alkanes of at least 4 members (excludes halogenated alkanes) is 4. The number of esters is 2. The van der Waals surface area contributed by atoms with Crippen LogP contribution in [-0.4, -0.2) is 37.4 Å². The Bertz CT molecular complexity index is 1530. The quantitative estimate of drug-likeness (QED) is 0.0382. The van der Waals surface area contributed by atoms with E-state index in [9.17, 15) is 9.59 Å². The zero-order valence-electron chi connectivity index (χ0n) is 28.5. The molecule has 4 rings (SSSR count). The van der Waals surface area contributed by atoms with Gasteiger partial charge in [0.2, 0.25) is 0 Å². The monoisotopic (exact) mass is 750 g/mol. The summed E-state index contributed by atoms with van der Waals surface area (Å²) in [5, 5.41) is 0. The number of ether oxygens (including phenoxy) is 4. The molecule has 0 amide bonds. The number of hydrogen-bond donors (Lipinski definition) is 0. The highest BCUT2D eigenvalue weighted by atomic mass is 32.1. The second kappa shape index (κ2) is 21.8. The first-order valence-corrected chi connectivity index (χ1v) is 20.1. The third-order valence-electron chi connectivity index (χ3n) is 7.56. The normalized spacial score (nSPS) is 11.2. The lowest BCUT2D eigenvalue weighted by Gasteiger charge is -2.09. The second-order valence-electron chi connectivity index (χ2n) is 11.4. The Labute approximate surface area is 312 Å². The minimum atomic E-state index is -0.418. The van der Waals surface area contributed by atoms with Crippen LogP contribution >= 0.6 is 45.3 Å². The van der Waals surface area contributed by atoms with Gasteiger partial charge in [0.25, 0.3) is 0 Å². The van der Waals surface area contributed by atoms with Gasteiger partial charge in [0.05, 0.1) is 13.2 Å². The Morgan fingerprint density at radius 1 is 0.500 bits per heavy atom. The molecule has 0 aliphatic carbocycles. The second-order valence-corrected chi connectivity index (χ2v) is 15.9. The van der Waals surface area contributed by atoms with Crippen molar-refractivity contribution in [2.24, 2.45) is 0 Å². The van der Waals surface area contributed by atoms with E-state index in [0.29, 0.717) is 39.3 Å². The van der Waals surface area contributed by atoms with Crippen LogP contribution in [0.25, 0.3) is 29.3 Å². The Balaban J connectivity index is 1.13. The molecule has 0 fully saturated rings. The van der Waals surface area contributed by atoms with Gasteiger partial charge >= 0.3 is 11.9 Å². The van der Waals surface area contributed by atoms with Crippen LogP contribution in [0.15, 0.2) is 99.2 Å². The van der Waals surface area contributed by atoms with Crippen molar-refractivity contribution in [1.82, 2.24) is 0 Å². The molecule has 0 saturated carbocycles. The molecule has 6 nitrogen and oxygen atoms in total. The van der Waals surface area contributed by atoms with Gasteiger partial charge in [-0.2, -0.15) is 0 Å². The van der Waals surface area contributed by atoms with Crippen LogP contribution in [0.2, 0.25) is 0 Å². The standard InChI is InChI=1S/C40H46O6S4/c1-5-29(6-2)45-39(41)15-11-9-13-25-43-27-31-17-19-33(47-31)35-21-23-37(49-35)38-24-22-36(50-38)34-20-18-32(48-34)28-44-26-14-10-12-16-40(42)46-30(7-3)8-4/h5-8,17-24,29-30H,1-4,9-16,25-28H2. The van der Waals surface area contributed by atoms with Gasteiger partial charge in [-0.05, 0) is 98.5 Å². The van der Waals surface area contributed by atoms with E-state index in [1.807, 2.05) is 22.7 Å². The van der Waals surface area contributed by atoms with Crippen LogP contribution in [0.4, 0.5) is 0 Å². The molecule has 266 valence electrons. The molecule has 10 heteroatoms. The fourth-order valence-corrected chi connectivity index (χ4v) is 9.01. The predicted molar refractivity (Wildman–Crippen MR) is 211 cm³/mol. The smallest absolute Gasteiger partial charge is 0.306 e. The highest BCUT2D eigenvalue weighted by Crippen LogP contribution is 2.43. The van der Waals surface area contributed by atoms with Crippen molar-refractivity contribution in [3.63, 3.8) is 0 Å². The Hall–Kier alpha value is -3.38. The first-order valence-electron chi connectivity index (χ1n) is 16.8. The van der Waals surface area contributed by atoms with E-state index >= 15 is 0 Å². The molecule has 50 heavy (non-hydrogen) atoms. The van der Waals surface area contributed by atoms with Crippen molar-refractivity contribution in [3.05, 3.63) is 109 Å². The Morgan fingerprint density at radius 3 is 1.20 bits per heavy atom. The highest BCUT2D eigenvalue weighted by Gasteiger charge is 2.13. The number of hydrogen-bond acceptors (Lipinski definition) is 10. The molecule has 0 N–H and O–H groups in total. The Morgan fingerprint density at radius 2 is 0.840 bits per heavy atom. The number of rotatable bonds is 25. The average Bonchev–Trinajstić information content (AvgIpc) is 3.95. The summed E-state index contributed by atoms with van der Waals surface area (Å²) in [5.41, 5.74) is 0. The molecule has 0 saturated heterocycles. The van der Waals surface area contributed by atoms with Crippen LogP contribution in [-0.2, 0) is 41.8 Å². The van der Waals surface area contributed by atoms with Crippen LogP contribution < -0.4 is 0 Å². The lowest BCUT2D eigenvalue weighted by atomic mass is 10.2. The summed E-state index contributed by atoms with van der Waals surface area (Å²) in [7, 11) is 0. The average molecular weight is 751 g/mol. The summed E-state index contributed by atoms with van der Waals surface area (Å²) in [4.78, 5) is 33.7. The molecule has 0 atom stereocenters. The van der Waals surface area contributed by atoms with Crippen molar-refractivity contribution in [2.75, 3.05) is 13.2 Å². The molecule has 4 aromatic rings. The first-order chi connectivity index (χ1) is 24.4. The fourth-order valence-electron chi connectivity index (χ4n) is 4.83. The van der Waals surface area contributed by atoms with Gasteiger partial charge in [0, 0.05) is 65.1 Å². The molecule has 0 aliphatic rings. The maximum absolute atomic E-state index is 11.8. The fraction of sp³-hybridized carbons (Fsp3) is 0.350. The molecular weight excluding hydrogens is 705 g/mol. The summed E-state index contributed by atoms with van der Waals surface area (Å²) in [6.07, 6.45) is 11.4. The highest BCUT2D eigenvalue weighted by molar-refractivity contribution is 7.28. The van der Waals surface area contributed by atoms with Gasteiger partial charge in [0.15, 0.2) is 0 Å². The molecule has 0 aliphatic heterocycles. The number of carbonyl (C=O) groups is 2. The molecule has 4 heterocycles. The SMILES string of the molecule is C=CC(C=C)OC(=O)CCCCCOCc1ccc(-c2ccc(-c3ccc(-c4ccc(COCCCCCC(=O)OC(C=C)C=C)s4)s3)s2)s1. The van der Waals surface area contributed by atoms with E-state index in [1.54, 1.807) is 47.0 Å². The maximum atomic E-state index is 11.8. The maximum Gasteiger partial charge on any atom is 0.306 e. The summed E-state index contributed by atoms with van der Waals surface area (Å²) in [5.74, 6) is -0.441. The van der Waals surface area contributed by atoms with Gasteiger partial charge in [-0.15, -0.1) is 45.3 Å². The van der Waals surface area contributed by atoms with Crippen molar-refractivity contribution in [1.29, 1.82) is 0 Å². The van der Waals surface area contributed by atoms with E-state index in [4.69, 9.17) is 18.9 Å². The Kier molecular flexibility index (Phi) is 17.1. The van der Waals surface area contributed by atoms with Crippen LogP contribution in [0.1, 0.15) is 61.1 Å². The minimum Gasteiger partial charge on any atom is -0.454 e. The lowest BCUT2D eigenvalue weighted by Crippen LogP contribution is -2.13. The lowest BCUT2D eigenvalue weighted by molar-refractivity contribution is -0.146. The molecular formula is C40H46O6S4. The third kappa shape index (κ3) is 13.1. The minimum absolute atomic E-state index is 0.220. The topological polar surface area (TPSA) is 71.1 Å². The molecule has 0 radical (unpaired) electrons. The zero-order valence-corrected chi connectivity index (χ0v) is 31.7. The molecule has 0 aromatic carbocycles. The van der Waals surface area contributed by atoms with Crippen molar-refractivity contribution in [3.8, 4) is 29.3 Å². The summed E-state index contributed by atoms with van der Waals surface area (Å²) >= 11 is 7.19. The molecule has 0 bridgehead atoms. The van der Waals surface area contributed by atoms with Crippen LogP contribution in [0, 0.1) is 0 Å². The summed E-state index contributed by atoms with van der Waals surface area (Å²) in [6, 6.07) is 17.5. The number of carbonyl (C=O) groups excluding carboxylic acids is 2. The van der Waals surface area contributed by atoms with Gasteiger partial charge in [-0.1, -0.05) is 39.2 Å². The first kappa shape index (κ1) is 39.4. The van der Waals surface area contributed by atoms with Gasteiger partial charge in [-0.25, -0.2) is 0 Å². The molecule has 4 aromatic heterocycles. The van der Waals surface area contributed by atoms with E-state index in [-0.39, 0.29) is 11.9 Å². The molecule has 0 spiro atoms. The van der Waals surface area contributed by atoms with Crippen molar-refractivity contribution in [2.45, 2.75) is 76.8 Å². The van der Waals surface area contributed by atoms with E-state index in [2.05, 4.69) is 74.8 Å². The van der Waals surface area contributed by atoms with E-state index < -0.39 is 12.2 Å². The van der Waals surface area contributed by atoms with Gasteiger partial charge in [-0.3, -0.25) is 9.59 Å². The number of thiophene rings is 4. The van der Waals surface area contributed by atoms with Crippen molar-refractivity contribution < 1.29 is 28.5 Å². The largest absolute Gasteiger partial charge is 0.454 e. The summed E-state index contributed by atoms with van der Waals surface area (Å²) < 4.78 is 22.3. The molecule has 0 unspecified atom stereocenters. The third-order valence-corrected chi connectivity index (χ3v) is 12.4. The van der Waals surface area contributed by atoms with Crippen LogP contribution in [0.3, 0.4) is 0 Å². The predicted octanol–water partition coefficient (Wildman–Crippen LogP) is 11.7. The zero-order chi connectivity index (χ0) is 35.6. The summed E-state index contributed by atoms with van der Waals surface area (Å²) in [6.45, 7) is 17.0.